The summed E-state index contributed by atoms with van der Waals surface area (Å²) >= 11 is 0. The van der Waals surface area contributed by atoms with Crippen molar-refractivity contribution in [1.29, 1.82) is 0 Å². The fourth-order valence-corrected chi connectivity index (χ4v) is 4.01. The van der Waals surface area contributed by atoms with Crippen LogP contribution >= 0.6 is 0 Å². The Bertz CT molecular complexity index is 1170. The maximum atomic E-state index is 12.6. The van der Waals surface area contributed by atoms with Gasteiger partial charge >= 0.3 is 0 Å². The Labute approximate surface area is 188 Å². The van der Waals surface area contributed by atoms with Gasteiger partial charge in [-0.25, -0.2) is 8.42 Å². The van der Waals surface area contributed by atoms with Crippen LogP contribution in [0, 0.1) is 6.92 Å². The average Bonchev–Trinajstić information content (AvgIpc) is 2.76. The number of aryl methyl sites for hydroxylation is 1. The summed E-state index contributed by atoms with van der Waals surface area (Å²) in [7, 11) is -3.69. The van der Waals surface area contributed by atoms with E-state index in [-0.39, 0.29) is 10.8 Å². The Morgan fingerprint density at radius 1 is 0.812 bits per heavy atom. The molecule has 0 unspecified atom stereocenters. The molecule has 0 heterocycles. The summed E-state index contributed by atoms with van der Waals surface area (Å²) in [6, 6.07) is 18.0. The minimum absolute atomic E-state index is 0.182. The van der Waals surface area contributed by atoms with Crippen molar-refractivity contribution in [3.05, 3.63) is 77.9 Å². The van der Waals surface area contributed by atoms with E-state index in [1.54, 1.807) is 66.7 Å². The lowest BCUT2D eigenvalue weighted by molar-refractivity contribution is 0.102. The first-order valence-corrected chi connectivity index (χ1v) is 11.7. The lowest BCUT2D eigenvalue weighted by atomic mass is 10.1. The van der Waals surface area contributed by atoms with Crippen molar-refractivity contribution in [2.75, 3.05) is 23.3 Å². The van der Waals surface area contributed by atoms with E-state index in [9.17, 15) is 13.2 Å². The summed E-state index contributed by atoms with van der Waals surface area (Å²) in [5.74, 6) is 0.765. The largest absolute Gasteiger partial charge is 0.490 e. The van der Waals surface area contributed by atoms with Crippen molar-refractivity contribution >= 4 is 27.3 Å². The second-order valence-electron chi connectivity index (χ2n) is 6.98. The molecule has 0 fully saturated rings. The van der Waals surface area contributed by atoms with Crippen molar-refractivity contribution < 1.29 is 22.7 Å². The zero-order chi connectivity index (χ0) is 23.1. The van der Waals surface area contributed by atoms with E-state index in [4.69, 9.17) is 9.47 Å². The molecule has 0 bridgehead atoms. The number of hydrogen-bond acceptors (Lipinski definition) is 5. The van der Waals surface area contributed by atoms with Gasteiger partial charge in [0.1, 0.15) is 0 Å². The SMILES string of the molecule is CCOc1ccc(C(=O)Nc2ccc(NS(=O)(=O)c3ccc(C)cc3)cc2)cc1OCC. The summed E-state index contributed by atoms with van der Waals surface area (Å²) < 4.78 is 38.7. The molecule has 0 aliphatic heterocycles. The third-order valence-corrected chi connectivity index (χ3v) is 5.93. The number of carbonyl (C=O) groups is 1. The lowest BCUT2D eigenvalue weighted by Crippen LogP contribution is -2.14. The molecule has 2 N–H and O–H groups in total. The van der Waals surface area contributed by atoms with E-state index in [1.165, 1.54) is 0 Å². The molecule has 0 aliphatic carbocycles. The molecule has 8 heteroatoms. The van der Waals surface area contributed by atoms with Gasteiger partial charge in [-0.05, 0) is 75.4 Å². The van der Waals surface area contributed by atoms with Gasteiger partial charge in [0, 0.05) is 16.9 Å². The molecular formula is C24H26N2O5S. The second-order valence-corrected chi connectivity index (χ2v) is 8.66. The highest BCUT2D eigenvalue weighted by Gasteiger charge is 2.15. The zero-order valence-corrected chi connectivity index (χ0v) is 19.0. The molecule has 1 amide bonds. The third kappa shape index (κ3) is 5.79. The highest BCUT2D eigenvalue weighted by atomic mass is 32.2. The predicted molar refractivity (Wildman–Crippen MR) is 125 cm³/mol. The third-order valence-electron chi connectivity index (χ3n) is 4.53. The molecule has 32 heavy (non-hydrogen) atoms. The molecule has 0 radical (unpaired) electrons. The standard InChI is InChI=1S/C24H26N2O5S/c1-4-30-22-15-8-18(16-23(22)31-5-2)24(27)25-19-9-11-20(12-10-19)26-32(28,29)21-13-6-17(3)7-14-21/h6-16,26H,4-5H2,1-3H3,(H,25,27). The van der Waals surface area contributed by atoms with Gasteiger partial charge < -0.3 is 14.8 Å². The van der Waals surface area contributed by atoms with Crippen LogP contribution in [0.5, 0.6) is 11.5 Å². The van der Waals surface area contributed by atoms with Gasteiger partial charge in [-0.3, -0.25) is 9.52 Å². The first-order valence-electron chi connectivity index (χ1n) is 10.2. The summed E-state index contributed by atoms with van der Waals surface area (Å²) in [4.78, 5) is 12.8. The van der Waals surface area contributed by atoms with Crippen LogP contribution in [0.25, 0.3) is 0 Å². The Balaban J connectivity index is 1.69. The van der Waals surface area contributed by atoms with Gasteiger partial charge in [0.2, 0.25) is 0 Å². The van der Waals surface area contributed by atoms with Crippen LogP contribution < -0.4 is 19.5 Å². The summed E-state index contributed by atoms with van der Waals surface area (Å²) in [6.45, 7) is 6.57. The van der Waals surface area contributed by atoms with Gasteiger partial charge in [0.15, 0.2) is 11.5 Å². The van der Waals surface area contributed by atoms with E-state index in [0.717, 1.165) is 5.56 Å². The zero-order valence-electron chi connectivity index (χ0n) is 18.2. The summed E-state index contributed by atoms with van der Waals surface area (Å²) in [5, 5.41) is 2.79. The smallest absolute Gasteiger partial charge is 0.261 e. The fourth-order valence-electron chi connectivity index (χ4n) is 2.95. The van der Waals surface area contributed by atoms with Gasteiger partial charge in [-0.2, -0.15) is 0 Å². The maximum absolute atomic E-state index is 12.6. The highest BCUT2D eigenvalue weighted by Crippen LogP contribution is 2.29. The molecule has 7 nitrogen and oxygen atoms in total. The lowest BCUT2D eigenvalue weighted by Gasteiger charge is -2.13. The quantitative estimate of drug-likeness (QED) is 0.482. The average molecular weight is 455 g/mol. The van der Waals surface area contributed by atoms with Crippen LogP contribution in [0.3, 0.4) is 0 Å². The Kier molecular flexibility index (Phi) is 7.37. The van der Waals surface area contributed by atoms with Gasteiger partial charge in [0.05, 0.1) is 18.1 Å². The topological polar surface area (TPSA) is 93.7 Å². The number of carbonyl (C=O) groups excluding carboxylic acids is 1. The summed E-state index contributed by atoms with van der Waals surface area (Å²) in [5.41, 5.74) is 2.31. The molecule has 0 saturated heterocycles. The fraction of sp³-hybridized carbons (Fsp3) is 0.208. The van der Waals surface area contributed by atoms with Crippen molar-refractivity contribution in [1.82, 2.24) is 0 Å². The molecule has 0 saturated carbocycles. The van der Waals surface area contributed by atoms with E-state index < -0.39 is 10.0 Å². The van der Waals surface area contributed by atoms with Crippen LogP contribution in [0.15, 0.2) is 71.6 Å². The van der Waals surface area contributed by atoms with Crippen LogP contribution in [-0.4, -0.2) is 27.5 Å². The van der Waals surface area contributed by atoms with Crippen molar-refractivity contribution in [3.8, 4) is 11.5 Å². The Hall–Kier alpha value is -3.52. The highest BCUT2D eigenvalue weighted by molar-refractivity contribution is 7.92. The van der Waals surface area contributed by atoms with Crippen LogP contribution in [-0.2, 0) is 10.0 Å². The summed E-state index contributed by atoms with van der Waals surface area (Å²) in [6.07, 6.45) is 0. The number of anilines is 2. The number of nitrogens with one attached hydrogen (secondary N) is 2. The predicted octanol–water partition coefficient (Wildman–Crippen LogP) is 4.85. The minimum Gasteiger partial charge on any atom is -0.490 e. The number of sulfonamides is 1. The Morgan fingerprint density at radius 3 is 2.03 bits per heavy atom. The van der Waals surface area contributed by atoms with Crippen molar-refractivity contribution in [2.24, 2.45) is 0 Å². The Morgan fingerprint density at radius 2 is 1.41 bits per heavy atom. The van der Waals surface area contributed by atoms with Gasteiger partial charge in [0.25, 0.3) is 15.9 Å². The van der Waals surface area contributed by atoms with E-state index in [1.807, 2.05) is 20.8 Å². The molecule has 0 spiro atoms. The molecule has 0 aliphatic rings. The van der Waals surface area contributed by atoms with E-state index in [0.29, 0.717) is 41.7 Å². The molecule has 3 aromatic rings. The first kappa shape index (κ1) is 23.1. The van der Waals surface area contributed by atoms with Crippen LogP contribution in [0.1, 0.15) is 29.8 Å². The molecule has 3 aromatic carbocycles. The van der Waals surface area contributed by atoms with Crippen LogP contribution in [0.2, 0.25) is 0 Å². The monoisotopic (exact) mass is 454 g/mol. The van der Waals surface area contributed by atoms with E-state index >= 15 is 0 Å². The molecule has 0 aromatic heterocycles. The minimum atomic E-state index is -3.69. The van der Waals surface area contributed by atoms with Gasteiger partial charge in [-0.1, -0.05) is 17.7 Å². The maximum Gasteiger partial charge on any atom is 0.261 e. The number of rotatable bonds is 9. The number of amides is 1. The number of benzene rings is 3. The van der Waals surface area contributed by atoms with Crippen molar-refractivity contribution in [3.63, 3.8) is 0 Å². The normalized spacial score (nSPS) is 11.0. The van der Waals surface area contributed by atoms with Crippen LogP contribution in [0.4, 0.5) is 11.4 Å². The number of hydrogen-bond donors (Lipinski definition) is 2. The van der Waals surface area contributed by atoms with Gasteiger partial charge in [-0.15, -0.1) is 0 Å². The molecular weight excluding hydrogens is 428 g/mol. The molecule has 168 valence electrons. The second kappa shape index (κ2) is 10.2. The number of ether oxygens (including phenoxy) is 2. The van der Waals surface area contributed by atoms with E-state index in [2.05, 4.69) is 10.0 Å². The first-order chi connectivity index (χ1) is 15.3. The molecule has 0 atom stereocenters. The van der Waals surface area contributed by atoms with Crippen molar-refractivity contribution in [2.45, 2.75) is 25.7 Å². The molecule has 3 rings (SSSR count).